The summed E-state index contributed by atoms with van der Waals surface area (Å²) in [7, 11) is 0. The number of ketones is 1. The maximum atomic E-state index is 13.9. The third kappa shape index (κ3) is 3.28. The maximum Gasteiger partial charge on any atom is 0.230 e. The van der Waals surface area contributed by atoms with Gasteiger partial charge in [0, 0.05) is 25.6 Å². The van der Waals surface area contributed by atoms with E-state index in [4.69, 9.17) is 0 Å². The van der Waals surface area contributed by atoms with Gasteiger partial charge in [0.2, 0.25) is 5.91 Å². The SMILES string of the molecule is O=C(c1cc(F)ccc1F)C1CCN(C(=O)[C@@]23CCCC[C@H]2CNC3)CC1. The Bertz CT molecular complexity index is 746. The van der Waals surface area contributed by atoms with Gasteiger partial charge in [-0.2, -0.15) is 0 Å². The van der Waals surface area contributed by atoms with Crippen LogP contribution in [0.4, 0.5) is 8.78 Å². The molecule has 1 amide bonds. The molecule has 2 atom stereocenters. The first-order valence-corrected chi connectivity index (χ1v) is 10.0. The van der Waals surface area contributed by atoms with Crippen LogP contribution in [0, 0.1) is 28.9 Å². The number of Topliss-reactive ketones (excluding diaryl/α,β-unsaturated/α-hetero) is 1. The van der Waals surface area contributed by atoms with E-state index in [2.05, 4.69) is 5.32 Å². The standard InChI is InChI=1S/C21H26F2N2O2/c22-16-4-5-18(23)17(11-16)19(26)14-6-9-25(10-7-14)20(27)21-8-2-1-3-15(21)12-24-13-21/h4-5,11,14-15,24H,1-3,6-10,12-13H2/t15-,21+/m0/s1. The van der Waals surface area contributed by atoms with Crippen molar-refractivity contribution in [3.8, 4) is 0 Å². The molecular formula is C21H26F2N2O2. The van der Waals surface area contributed by atoms with Gasteiger partial charge in [0.1, 0.15) is 11.6 Å². The van der Waals surface area contributed by atoms with Crippen molar-refractivity contribution in [2.75, 3.05) is 26.2 Å². The van der Waals surface area contributed by atoms with Gasteiger partial charge in [0.25, 0.3) is 0 Å². The van der Waals surface area contributed by atoms with E-state index < -0.39 is 11.6 Å². The second-order valence-electron chi connectivity index (χ2n) is 8.28. The lowest BCUT2D eigenvalue weighted by molar-refractivity contribution is -0.146. The predicted octanol–water partition coefficient (Wildman–Crippen LogP) is 3.17. The number of rotatable bonds is 3. The predicted molar refractivity (Wildman–Crippen MR) is 97.3 cm³/mol. The first kappa shape index (κ1) is 18.5. The van der Waals surface area contributed by atoms with Gasteiger partial charge in [-0.05, 0) is 56.3 Å². The molecule has 27 heavy (non-hydrogen) atoms. The van der Waals surface area contributed by atoms with Crippen molar-refractivity contribution in [2.24, 2.45) is 17.3 Å². The summed E-state index contributed by atoms with van der Waals surface area (Å²) in [5.74, 6) is -1.36. The fourth-order valence-electron chi connectivity index (χ4n) is 5.23. The van der Waals surface area contributed by atoms with Crippen molar-refractivity contribution in [3.63, 3.8) is 0 Å². The lowest BCUT2D eigenvalue weighted by Crippen LogP contribution is -2.52. The van der Waals surface area contributed by atoms with Gasteiger partial charge in [0.05, 0.1) is 11.0 Å². The molecule has 3 fully saturated rings. The van der Waals surface area contributed by atoms with Gasteiger partial charge in [0.15, 0.2) is 5.78 Å². The van der Waals surface area contributed by atoms with E-state index >= 15 is 0 Å². The Labute approximate surface area is 158 Å². The highest BCUT2D eigenvalue weighted by atomic mass is 19.1. The lowest BCUT2D eigenvalue weighted by Gasteiger charge is -2.42. The van der Waals surface area contributed by atoms with Crippen molar-refractivity contribution < 1.29 is 18.4 Å². The number of hydrogen-bond donors (Lipinski definition) is 1. The Morgan fingerprint density at radius 2 is 1.89 bits per heavy atom. The molecule has 1 aliphatic carbocycles. The van der Waals surface area contributed by atoms with Crippen LogP contribution in [-0.2, 0) is 4.79 Å². The number of nitrogens with one attached hydrogen (secondary N) is 1. The number of likely N-dealkylation sites (tertiary alicyclic amines) is 1. The molecule has 6 heteroatoms. The molecular weight excluding hydrogens is 350 g/mol. The number of nitrogens with zero attached hydrogens (tertiary/aromatic N) is 1. The molecule has 0 bridgehead atoms. The van der Waals surface area contributed by atoms with Gasteiger partial charge in [-0.25, -0.2) is 8.78 Å². The zero-order chi connectivity index (χ0) is 19.0. The lowest BCUT2D eigenvalue weighted by atomic mass is 9.67. The monoisotopic (exact) mass is 376 g/mol. The van der Waals surface area contributed by atoms with E-state index in [0.29, 0.717) is 31.8 Å². The summed E-state index contributed by atoms with van der Waals surface area (Å²) in [6, 6.07) is 2.99. The van der Waals surface area contributed by atoms with Gasteiger partial charge in [-0.15, -0.1) is 0 Å². The third-order valence-corrected chi connectivity index (χ3v) is 6.81. The first-order chi connectivity index (χ1) is 13.0. The summed E-state index contributed by atoms with van der Waals surface area (Å²) in [6.07, 6.45) is 5.35. The number of amides is 1. The average Bonchev–Trinajstić information content (AvgIpc) is 3.14. The van der Waals surface area contributed by atoms with E-state index in [1.165, 1.54) is 6.42 Å². The Morgan fingerprint density at radius 1 is 1.11 bits per heavy atom. The summed E-state index contributed by atoms with van der Waals surface area (Å²) < 4.78 is 27.3. The van der Waals surface area contributed by atoms with Crippen molar-refractivity contribution >= 4 is 11.7 Å². The molecule has 0 spiro atoms. The van der Waals surface area contributed by atoms with Crippen LogP contribution in [0.3, 0.4) is 0 Å². The van der Waals surface area contributed by atoms with E-state index in [1.54, 1.807) is 0 Å². The van der Waals surface area contributed by atoms with Gasteiger partial charge >= 0.3 is 0 Å². The molecule has 1 saturated carbocycles. The quantitative estimate of drug-likeness (QED) is 0.825. The highest BCUT2D eigenvalue weighted by molar-refractivity contribution is 5.98. The van der Waals surface area contributed by atoms with Crippen molar-refractivity contribution in [1.29, 1.82) is 0 Å². The molecule has 0 aromatic heterocycles. The zero-order valence-corrected chi connectivity index (χ0v) is 15.5. The summed E-state index contributed by atoms with van der Waals surface area (Å²) >= 11 is 0. The fourth-order valence-corrected chi connectivity index (χ4v) is 5.23. The van der Waals surface area contributed by atoms with E-state index in [1.807, 2.05) is 4.90 Å². The minimum absolute atomic E-state index is 0.175. The van der Waals surface area contributed by atoms with Crippen LogP contribution in [0.2, 0.25) is 0 Å². The largest absolute Gasteiger partial charge is 0.342 e. The molecule has 2 heterocycles. The fraction of sp³-hybridized carbons (Fsp3) is 0.619. The number of benzene rings is 1. The number of hydrogen-bond acceptors (Lipinski definition) is 3. The normalized spacial score (nSPS) is 28.8. The highest BCUT2D eigenvalue weighted by Gasteiger charge is 2.51. The topological polar surface area (TPSA) is 49.4 Å². The molecule has 3 aliphatic rings. The molecule has 4 rings (SSSR count). The summed E-state index contributed by atoms with van der Waals surface area (Å²) in [5.41, 5.74) is -0.449. The van der Waals surface area contributed by atoms with Crippen LogP contribution in [-0.4, -0.2) is 42.8 Å². The molecule has 1 N–H and O–H groups in total. The Balaban J connectivity index is 1.42. The third-order valence-electron chi connectivity index (χ3n) is 6.81. The van der Waals surface area contributed by atoms with Gasteiger partial charge in [-0.3, -0.25) is 9.59 Å². The smallest absolute Gasteiger partial charge is 0.230 e. The van der Waals surface area contributed by atoms with Crippen LogP contribution >= 0.6 is 0 Å². The number of carbonyl (C=O) groups is 2. The van der Waals surface area contributed by atoms with E-state index in [0.717, 1.165) is 50.6 Å². The number of carbonyl (C=O) groups excluding carboxylic acids is 2. The molecule has 4 nitrogen and oxygen atoms in total. The van der Waals surface area contributed by atoms with Crippen molar-refractivity contribution in [2.45, 2.75) is 38.5 Å². The number of halogens is 2. The van der Waals surface area contributed by atoms with Gasteiger partial charge in [-0.1, -0.05) is 12.8 Å². The van der Waals surface area contributed by atoms with Crippen LogP contribution in [0.5, 0.6) is 0 Å². The Morgan fingerprint density at radius 3 is 2.67 bits per heavy atom. The summed E-state index contributed by atoms with van der Waals surface area (Å²) in [5, 5.41) is 3.41. The molecule has 1 aromatic rings. The number of piperidine rings is 1. The molecule has 1 aromatic carbocycles. The minimum atomic E-state index is -0.680. The Hall–Kier alpha value is -1.82. The van der Waals surface area contributed by atoms with Crippen LogP contribution in [0.15, 0.2) is 18.2 Å². The van der Waals surface area contributed by atoms with Crippen molar-refractivity contribution in [1.82, 2.24) is 10.2 Å². The zero-order valence-electron chi connectivity index (χ0n) is 15.5. The van der Waals surface area contributed by atoms with Crippen molar-refractivity contribution in [3.05, 3.63) is 35.4 Å². The minimum Gasteiger partial charge on any atom is -0.342 e. The van der Waals surface area contributed by atoms with Gasteiger partial charge < -0.3 is 10.2 Å². The summed E-state index contributed by atoms with van der Waals surface area (Å²) in [6.45, 7) is 2.70. The van der Waals surface area contributed by atoms with Crippen LogP contribution < -0.4 is 5.32 Å². The molecule has 2 aliphatic heterocycles. The highest BCUT2D eigenvalue weighted by Crippen LogP contribution is 2.45. The second kappa shape index (κ2) is 7.30. The average molecular weight is 376 g/mol. The van der Waals surface area contributed by atoms with E-state index in [9.17, 15) is 18.4 Å². The molecule has 0 radical (unpaired) electrons. The molecule has 2 saturated heterocycles. The first-order valence-electron chi connectivity index (χ1n) is 10.0. The molecule has 146 valence electrons. The van der Waals surface area contributed by atoms with Crippen LogP contribution in [0.25, 0.3) is 0 Å². The van der Waals surface area contributed by atoms with E-state index in [-0.39, 0.29) is 28.6 Å². The molecule has 0 unspecified atom stereocenters. The maximum absolute atomic E-state index is 13.9. The second-order valence-corrected chi connectivity index (χ2v) is 8.28. The van der Waals surface area contributed by atoms with Crippen LogP contribution in [0.1, 0.15) is 48.9 Å². The Kier molecular flexibility index (Phi) is 5.01. The number of fused-ring (bicyclic) bond motifs is 1. The summed E-state index contributed by atoms with van der Waals surface area (Å²) in [4.78, 5) is 27.8.